The number of hydrogen-bond acceptors (Lipinski definition) is 4. The monoisotopic (exact) mass is 197 g/mol. The lowest BCUT2D eigenvalue weighted by Crippen LogP contribution is -2.12. The van der Waals surface area contributed by atoms with E-state index in [1.165, 1.54) is 7.11 Å². The van der Waals surface area contributed by atoms with Crippen LogP contribution >= 0.6 is 0 Å². The van der Waals surface area contributed by atoms with E-state index in [0.717, 1.165) is 0 Å². The average molecular weight is 197 g/mol. The number of allylic oxidation sites excluding steroid dienone is 1. The molecule has 0 unspecified atom stereocenters. The van der Waals surface area contributed by atoms with E-state index in [1.54, 1.807) is 13.0 Å². The molecule has 0 rings (SSSR count). The predicted octanol–water partition coefficient (Wildman–Crippen LogP) is 1.63. The molecule has 0 saturated carbocycles. The lowest BCUT2D eigenvalue weighted by Gasteiger charge is -2.11. The van der Waals surface area contributed by atoms with Crippen LogP contribution in [0.25, 0.3) is 0 Å². The van der Waals surface area contributed by atoms with Crippen LogP contribution in [0, 0.1) is 17.2 Å². The zero-order chi connectivity index (χ0) is 11.1. The molecule has 4 heteroatoms. The van der Waals surface area contributed by atoms with Gasteiger partial charge in [-0.2, -0.15) is 5.26 Å². The molecule has 14 heavy (non-hydrogen) atoms. The minimum atomic E-state index is -0.624. The second-order valence-electron chi connectivity index (χ2n) is 2.93. The third-order valence-corrected chi connectivity index (χ3v) is 1.58. The Hall–Kier alpha value is -1.50. The summed E-state index contributed by atoms with van der Waals surface area (Å²) in [6.07, 6.45) is 0. The molecule has 0 aromatic heterocycles. The smallest absolute Gasteiger partial charge is 0.352 e. The van der Waals surface area contributed by atoms with Crippen LogP contribution in [-0.2, 0) is 14.3 Å². The Labute approximate surface area is 84.1 Å². The van der Waals surface area contributed by atoms with Crippen molar-refractivity contribution in [3.8, 4) is 6.07 Å². The van der Waals surface area contributed by atoms with Gasteiger partial charge < -0.3 is 9.47 Å². The Bertz CT molecular complexity index is 274. The van der Waals surface area contributed by atoms with Gasteiger partial charge in [-0.05, 0) is 6.92 Å². The first-order valence-electron chi connectivity index (χ1n) is 4.43. The average Bonchev–Trinajstić information content (AvgIpc) is 2.13. The number of rotatable bonds is 4. The Morgan fingerprint density at radius 2 is 2.07 bits per heavy atom. The van der Waals surface area contributed by atoms with E-state index >= 15 is 0 Å². The van der Waals surface area contributed by atoms with Gasteiger partial charge >= 0.3 is 5.97 Å². The van der Waals surface area contributed by atoms with E-state index in [4.69, 9.17) is 14.7 Å². The van der Waals surface area contributed by atoms with E-state index < -0.39 is 5.97 Å². The number of carbonyl (C=O) groups excluding carboxylic acids is 1. The van der Waals surface area contributed by atoms with Crippen molar-refractivity contribution in [1.29, 1.82) is 5.26 Å². The number of ether oxygens (including phenoxy) is 2. The van der Waals surface area contributed by atoms with Crippen LogP contribution in [0.3, 0.4) is 0 Å². The SMILES string of the molecule is CCOC(=O)C(C#N)=C(OC)C(C)C. The molecule has 78 valence electrons. The first-order valence-corrected chi connectivity index (χ1v) is 4.43. The standard InChI is InChI=1S/C10H15NO3/c1-5-14-10(12)8(6-11)9(13-4)7(2)3/h7H,5H2,1-4H3. The lowest BCUT2D eigenvalue weighted by molar-refractivity contribution is -0.138. The highest BCUT2D eigenvalue weighted by Crippen LogP contribution is 2.16. The molecule has 0 atom stereocenters. The van der Waals surface area contributed by atoms with Gasteiger partial charge in [-0.15, -0.1) is 0 Å². The summed E-state index contributed by atoms with van der Waals surface area (Å²) in [5, 5.41) is 8.78. The van der Waals surface area contributed by atoms with Gasteiger partial charge in [0.2, 0.25) is 0 Å². The molecule has 0 heterocycles. The largest absolute Gasteiger partial charge is 0.499 e. The summed E-state index contributed by atoms with van der Waals surface area (Å²) in [7, 11) is 1.44. The van der Waals surface area contributed by atoms with Crippen molar-refractivity contribution in [1.82, 2.24) is 0 Å². The fraction of sp³-hybridized carbons (Fsp3) is 0.600. The van der Waals surface area contributed by atoms with E-state index in [0.29, 0.717) is 5.76 Å². The molecule has 0 bridgehead atoms. The van der Waals surface area contributed by atoms with Gasteiger partial charge in [-0.25, -0.2) is 4.79 Å². The summed E-state index contributed by atoms with van der Waals surface area (Å²) in [5.74, 6) is -0.273. The van der Waals surface area contributed by atoms with E-state index in [9.17, 15) is 4.79 Å². The summed E-state index contributed by atoms with van der Waals surface area (Å²) in [6.45, 7) is 5.62. The predicted molar refractivity (Wildman–Crippen MR) is 51.1 cm³/mol. The van der Waals surface area contributed by atoms with Gasteiger partial charge in [0, 0.05) is 5.92 Å². The second-order valence-corrected chi connectivity index (χ2v) is 2.93. The third-order valence-electron chi connectivity index (χ3n) is 1.58. The minimum Gasteiger partial charge on any atom is -0.499 e. The van der Waals surface area contributed by atoms with Crippen molar-refractivity contribution in [2.45, 2.75) is 20.8 Å². The maximum Gasteiger partial charge on any atom is 0.352 e. The van der Waals surface area contributed by atoms with Crippen molar-refractivity contribution >= 4 is 5.97 Å². The summed E-state index contributed by atoms with van der Waals surface area (Å²) in [4.78, 5) is 11.3. The molecule has 0 fully saturated rings. The van der Waals surface area contributed by atoms with Gasteiger partial charge in [0.25, 0.3) is 0 Å². The fourth-order valence-electron chi connectivity index (χ4n) is 1.03. The fourth-order valence-corrected chi connectivity index (χ4v) is 1.03. The van der Waals surface area contributed by atoms with Crippen molar-refractivity contribution in [2.24, 2.45) is 5.92 Å². The number of hydrogen-bond donors (Lipinski definition) is 0. The lowest BCUT2D eigenvalue weighted by atomic mass is 10.1. The quantitative estimate of drug-likeness (QED) is 0.297. The van der Waals surface area contributed by atoms with E-state index in [-0.39, 0.29) is 18.1 Å². The van der Waals surface area contributed by atoms with Crippen LogP contribution in [0.15, 0.2) is 11.3 Å². The molecule has 4 nitrogen and oxygen atoms in total. The Kier molecular flexibility index (Phi) is 5.38. The van der Waals surface area contributed by atoms with E-state index in [2.05, 4.69) is 0 Å². The number of nitrogens with zero attached hydrogens (tertiary/aromatic N) is 1. The molecular weight excluding hydrogens is 182 g/mol. The van der Waals surface area contributed by atoms with Crippen LogP contribution < -0.4 is 0 Å². The third kappa shape index (κ3) is 3.09. The molecular formula is C10H15NO3. The van der Waals surface area contributed by atoms with Gasteiger partial charge in [0.15, 0.2) is 5.57 Å². The molecule has 0 N–H and O–H groups in total. The van der Waals surface area contributed by atoms with Crippen LogP contribution in [0.5, 0.6) is 0 Å². The molecule has 0 aromatic carbocycles. The maximum atomic E-state index is 11.3. The van der Waals surface area contributed by atoms with E-state index in [1.807, 2.05) is 13.8 Å². The van der Waals surface area contributed by atoms with Crippen molar-refractivity contribution < 1.29 is 14.3 Å². The summed E-state index contributed by atoms with van der Waals surface area (Å²) < 4.78 is 9.72. The molecule has 0 aromatic rings. The number of methoxy groups -OCH3 is 1. The van der Waals surface area contributed by atoms with Crippen LogP contribution in [-0.4, -0.2) is 19.7 Å². The number of carbonyl (C=O) groups is 1. The molecule has 0 aliphatic rings. The van der Waals surface area contributed by atoms with Gasteiger partial charge in [-0.1, -0.05) is 13.8 Å². The first-order chi connectivity index (χ1) is 6.58. The number of nitriles is 1. The molecule has 0 saturated heterocycles. The first kappa shape index (κ1) is 12.5. The zero-order valence-corrected chi connectivity index (χ0v) is 8.96. The van der Waals surface area contributed by atoms with Crippen LogP contribution in [0.4, 0.5) is 0 Å². The number of esters is 1. The Morgan fingerprint density at radius 3 is 2.36 bits per heavy atom. The van der Waals surface area contributed by atoms with Crippen molar-refractivity contribution in [3.05, 3.63) is 11.3 Å². The molecule has 0 radical (unpaired) electrons. The second kappa shape index (κ2) is 6.03. The van der Waals surface area contributed by atoms with Crippen molar-refractivity contribution in [3.63, 3.8) is 0 Å². The zero-order valence-electron chi connectivity index (χ0n) is 8.96. The van der Waals surface area contributed by atoms with Crippen LogP contribution in [0.2, 0.25) is 0 Å². The summed E-state index contributed by atoms with van der Waals surface area (Å²) in [5.41, 5.74) is -0.0515. The van der Waals surface area contributed by atoms with Gasteiger partial charge in [0.05, 0.1) is 13.7 Å². The highest BCUT2D eigenvalue weighted by molar-refractivity contribution is 5.93. The highest BCUT2D eigenvalue weighted by Gasteiger charge is 2.19. The molecule has 0 aliphatic carbocycles. The van der Waals surface area contributed by atoms with Crippen molar-refractivity contribution in [2.75, 3.05) is 13.7 Å². The summed E-state index contributed by atoms with van der Waals surface area (Å²) >= 11 is 0. The molecule has 0 spiro atoms. The highest BCUT2D eigenvalue weighted by atomic mass is 16.5. The Balaban J connectivity index is 5.01. The van der Waals surface area contributed by atoms with Crippen LogP contribution in [0.1, 0.15) is 20.8 Å². The van der Waals surface area contributed by atoms with Gasteiger partial charge in [0.1, 0.15) is 11.8 Å². The molecule has 0 amide bonds. The summed E-state index contributed by atoms with van der Waals surface area (Å²) in [6, 6.07) is 1.80. The Morgan fingerprint density at radius 1 is 1.50 bits per heavy atom. The normalized spacial score (nSPS) is 11.7. The minimum absolute atomic E-state index is 0.0148. The maximum absolute atomic E-state index is 11.3. The molecule has 0 aliphatic heterocycles. The van der Waals surface area contributed by atoms with Gasteiger partial charge in [-0.3, -0.25) is 0 Å². The topological polar surface area (TPSA) is 59.3 Å².